The largest absolute Gasteiger partial charge is 0.457 e. The summed E-state index contributed by atoms with van der Waals surface area (Å²) in [6.07, 6.45) is 1.85. The Morgan fingerprint density at radius 2 is 1.26 bits per heavy atom. The van der Waals surface area contributed by atoms with Gasteiger partial charge in [-0.15, -0.1) is 0 Å². The molecule has 0 radical (unpaired) electrons. The van der Waals surface area contributed by atoms with Crippen LogP contribution in [0.15, 0.2) is 182 Å². The number of aromatic nitrogens is 2. The SMILES string of the molecule is [2H]c1c([2H])c([2H])c(-c2cccc(-c3c([2H])c([2H])c([2H])c([2H])c3[2H])c2N2CN(c3cc(C)cc(Oc4ccc5c6ccccc6n(-c6cc(C(C)(C)C)ccn6)c5c4)c3)c3ccccc32)c([2H])c1[2H]. The number of hydrogen-bond donors (Lipinski definition) is 0. The molecule has 0 spiro atoms. The minimum Gasteiger partial charge on any atom is -0.457 e. The second kappa shape index (κ2) is 14.1. The number of benzene rings is 7. The van der Waals surface area contributed by atoms with Gasteiger partial charge in [0, 0.05) is 45.9 Å². The second-order valence-corrected chi connectivity index (χ2v) is 15.5. The van der Waals surface area contributed by atoms with Crippen molar-refractivity contribution in [2.24, 2.45) is 0 Å². The number of rotatable bonds is 7. The number of ether oxygens (including phenoxy) is 1. The summed E-state index contributed by atoms with van der Waals surface area (Å²) in [6, 6.07) is 32.0. The third-order valence-corrected chi connectivity index (χ3v) is 10.7. The molecule has 0 aliphatic carbocycles. The van der Waals surface area contributed by atoms with E-state index in [2.05, 4.69) is 60.6 Å². The van der Waals surface area contributed by atoms with Crippen molar-refractivity contribution < 1.29 is 18.4 Å². The molecule has 0 saturated heterocycles. The van der Waals surface area contributed by atoms with Crippen molar-refractivity contribution in [2.75, 3.05) is 16.5 Å². The zero-order valence-corrected chi connectivity index (χ0v) is 32.5. The zero-order valence-electron chi connectivity index (χ0n) is 42.5. The molecule has 58 heavy (non-hydrogen) atoms. The molecular weight excluding hydrogens is 709 g/mol. The molecule has 0 bridgehead atoms. The molecule has 1 aliphatic heterocycles. The average molecular weight is 763 g/mol. The molecule has 0 N–H and O–H groups in total. The summed E-state index contributed by atoms with van der Waals surface area (Å²) in [5.74, 6) is 1.99. The maximum atomic E-state index is 9.03. The van der Waals surface area contributed by atoms with E-state index in [1.54, 1.807) is 18.2 Å². The van der Waals surface area contributed by atoms with Gasteiger partial charge in [-0.25, -0.2) is 4.98 Å². The van der Waals surface area contributed by atoms with Gasteiger partial charge in [0.1, 0.15) is 24.0 Å². The zero-order chi connectivity index (χ0) is 48.1. The van der Waals surface area contributed by atoms with Crippen LogP contribution in [0.4, 0.5) is 22.7 Å². The van der Waals surface area contributed by atoms with E-state index in [0.717, 1.165) is 50.1 Å². The molecule has 0 saturated carbocycles. The number of fused-ring (bicyclic) bond motifs is 4. The summed E-state index contributed by atoms with van der Waals surface area (Å²) >= 11 is 0. The second-order valence-electron chi connectivity index (χ2n) is 15.5. The van der Waals surface area contributed by atoms with Crippen molar-refractivity contribution in [1.82, 2.24) is 9.55 Å². The fourth-order valence-electron chi connectivity index (χ4n) is 7.98. The first-order valence-electron chi connectivity index (χ1n) is 24.2. The van der Waals surface area contributed by atoms with Crippen LogP contribution >= 0.6 is 0 Å². The van der Waals surface area contributed by atoms with E-state index in [9.17, 15) is 0 Å². The number of para-hydroxylation sites is 4. The van der Waals surface area contributed by atoms with Gasteiger partial charge >= 0.3 is 0 Å². The lowest BCUT2D eigenvalue weighted by molar-refractivity contribution is 0.483. The summed E-state index contributed by atoms with van der Waals surface area (Å²) < 4.78 is 96.0. The summed E-state index contributed by atoms with van der Waals surface area (Å²) in [7, 11) is 0. The van der Waals surface area contributed by atoms with Crippen LogP contribution in [0.1, 0.15) is 45.6 Å². The van der Waals surface area contributed by atoms with Gasteiger partial charge in [-0.05, 0) is 89.2 Å². The minimum absolute atomic E-state index is 0.0825. The van der Waals surface area contributed by atoms with E-state index in [1.807, 2.05) is 84.8 Å². The van der Waals surface area contributed by atoms with Crippen molar-refractivity contribution in [2.45, 2.75) is 33.1 Å². The third-order valence-electron chi connectivity index (χ3n) is 10.7. The Morgan fingerprint density at radius 1 is 0.603 bits per heavy atom. The van der Waals surface area contributed by atoms with Crippen molar-refractivity contribution in [1.29, 1.82) is 0 Å². The molecule has 1 aliphatic rings. The Hall–Kier alpha value is -7.11. The van der Waals surface area contributed by atoms with Crippen LogP contribution in [0.3, 0.4) is 0 Å². The van der Waals surface area contributed by atoms with Crippen LogP contribution in [0.25, 0.3) is 49.9 Å². The number of hydrogen-bond acceptors (Lipinski definition) is 4. The Balaban J connectivity index is 1.11. The van der Waals surface area contributed by atoms with Crippen LogP contribution in [0.2, 0.25) is 0 Å². The molecule has 2 aromatic heterocycles. The maximum Gasteiger partial charge on any atom is 0.137 e. The van der Waals surface area contributed by atoms with E-state index in [-0.39, 0.29) is 34.3 Å². The highest BCUT2D eigenvalue weighted by atomic mass is 16.5. The van der Waals surface area contributed by atoms with Gasteiger partial charge in [0.25, 0.3) is 0 Å². The topological polar surface area (TPSA) is 33.5 Å². The Labute approximate surface area is 354 Å². The summed E-state index contributed by atoms with van der Waals surface area (Å²) in [5, 5.41) is 2.15. The van der Waals surface area contributed by atoms with Crippen molar-refractivity contribution in [3.8, 4) is 39.6 Å². The summed E-state index contributed by atoms with van der Waals surface area (Å²) in [5.41, 5.74) is 6.73. The molecule has 5 nitrogen and oxygen atoms in total. The van der Waals surface area contributed by atoms with Gasteiger partial charge in [0.05, 0.1) is 41.8 Å². The maximum absolute atomic E-state index is 9.03. The first kappa shape index (κ1) is 25.9. The van der Waals surface area contributed by atoms with Crippen molar-refractivity contribution >= 4 is 44.6 Å². The molecule has 282 valence electrons. The predicted molar refractivity (Wildman–Crippen MR) is 241 cm³/mol. The number of nitrogens with zero attached hydrogens (tertiary/aromatic N) is 4. The van der Waals surface area contributed by atoms with Gasteiger partial charge in [0.2, 0.25) is 0 Å². The van der Waals surface area contributed by atoms with Gasteiger partial charge in [-0.2, -0.15) is 0 Å². The monoisotopic (exact) mass is 762 g/mol. The van der Waals surface area contributed by atoms with Crippen LogP contribution in [-0.4, -0.2) is 16.2 Å². The quantitative estimate of drug-likeness (QED) is 0.162. The lowest BCUT2D eigenvalue weighted by Crippen LogP contribution is -2.25. The molecule has 0 amide bonds. The molecule has 0 unspecified atom stereocenters. The standard InChI is InChI=1S/C53H44N4O/c1-36-30-40(33-42(31-36)58-41-26-27-46-45-20-11-12-23-47(45)57(50(46)34-41)51-32-39(28-29-54-51)53(2,3)4)55-35-56(49-25-14-13-24-48(49)55)52-43(37-16-7-5-8-17-37)21-15-22-44(52)38-18-9-6-10-19-38/h5-34H,35H2,1-4H3/i5D,6D,7D,8D,9D,10D,16D,17D,18D,19D. The molecule has 3 heterocycles. The normalized spacial score (nSPS) is 15.1. The highest BCUT2D eigenvalue weighted by molar-refractivity contribution is 6.09. The fourth-order valence-corrected chi connectivity index (χ4v) is 7.98. The van der Waals surface area contributed by atoms with E-state index in [0.29, 0.717) is 22.9 Å². The van der Waals surface area contributed by atoms with E-state index < -0.39 is 60.4 Å². The van der Waals surface area contributed by atoms with Crippen molar-refractivity contribution in [3.05, 3.63) is 193 Å². The van der Waals surface area contributed by atoms with Crippen molar-refractivity contribution in [3.63, 3.8) is 0 Å². The molecule has 7 aromatic carbocycles. The summed E-state index contributed by atoms with van der Waals surface area (Å²) in [6.45, 7) is 8.66. The smallest absolute Gasteiger partial charge is 0.137 e. The highest BCUT2D eigenvalue weighted by Gasteiger charge is 2.31. The van der Waals surface area contributed by atoms with Gasteiger partial charge in [0.15, 0.2) is 0 Å². The lowest BCUT2D eigenvalue weighted by atomic mass is 9.88. The molecule has 0 fully saturated rings. The molecule has 0 atom stereocenters. The van der Waals surface area contributed by atoms with Crippen LogP contribution in [0, 0.1) is 6.92 Å². The Bertz CT molecular complexity index is 3420. The van der Waals surface area contributed by atoms with Crippen LogP contribution in [0.5, 0.6) is 11.5 Å². The van der Waals surface area contributed by atoms with E-state index in [1.165, 1.54) is 0 Å². The van der Waals surface area contributed by atoms with Crippen LogP contribution < -0.4 is 14.5 Å². The van der Waals surface area contributed by atoms with E-state index >= 15 is 0 Å². The van der Waals surface area contributed by atoms with Gasteiger partial charge in [-0.1, -0.05) is 130 Å². The predicted octanol–water partition coefficient (Wildman–Crippen LogP) is 14.2. The average Bonchev–Trinajstić information content (AvgIpc) is 3.87. The number of anilines is 4. The first-order chi connectivity index (χ1) is 32.4. The van der Waals surface area contributed by atoms with E-state index in [4.69, 9.17) is 23.4 Å². The molecule has 9 aromatic rings. The number of aryl methyl sites for hydroxylation is 1. The lowest BCUT2D eigenvalue weighted by Gasteiger charge is -2.27. The molecule has 10 rings (SSSR count). The minimum atomic E-state index is -0.549. The third kappa shape index (κ3) is 6.25. The van der Waals surface area contributed by atoms with Crippen LogP contribution in [-0.2, 0) is 5.41 Å². The summed E-state index contributed by atoms with van der Waals surface area (Å²) in [4.78, 5) is 8.80. The number of pyridine rings is 1. The highest BCUT2D eigenvalue weighted by Crippen LogP contribution is 2.50. The first-order valence-corrected chi connectivity index (χ1v) is 19.2. The van der Waals surface area contributed by atoms with Gasteiger partial charge in [-0.3, -0.25) is 4.57 Å². The molecule has 5 heteroatoms. The Kier molecular flexibility index (Phi) is 6.31. The Morgan fingerprint density at radius 3 is 1.97 bits per heavy atom. The molecular formula is C53H44N4O. The fraction of sp³-hybridized carbons (Fsp3) is 0.113. The van der Waals surface area contributed by atoms with Gasteiger partial charge < -0.3 is 14.5 Å².